The third-order valence-corrected chi connectivity index (χ3v) is 3.23. The van der Waals surface area contributed by atoms with E-state index in [1.807, 2.05) is 0 Å². The van der Waals surface area contributed by atoms with Crippen LogP contribution >= 0.6 is 0 Å². The smallest absolute Gasteiger partial charge is 0.269 e. The molecule has 1 heterocycles. The zero-order chi connectivity index (χ0) is 13.8. The summed E-state index contributed by atoms with van der Waals surface area (Å²) in [5.74, 6) is -0.0386. The van der Waals surface area contributed by atoms with Crippen molar-refractivity contribution in [3.05, 3.63) is 34.4 Å². The minimum Gasteiger partial charge on any atom is -0.368 e. The van der Waals surface area contributed by atoms with Crippen LogP contribution in [0.4, 0.5) is 11.4 Å². The second-order valence-electron chi connectivity index (χ2n) is 4.35. The summed E-state index contributed by atoms with van der Waals surface area (Å²) in [6, 6.07) is 6.45. The third kappa shape index (κ3) is 3.00. The van der Waals surface area contributed by atoms with Gasteiger partial charge in [-0.05, 0) is 12.1 Å². The van der Waals surface area contributed by atoms with Crippen molar-refractivity contribution in [2.75, 3.05) is 37.6 Å². The summed E-state index contributed by atoms with van der Waals surface area (Å²) in [6.45, 7) is 2.73. The summed E-state index contributed by atoms with van der Waals surface area (Å²) in [5.41, 5.74) is 6.34. The summed E-state index contributed by atoms with van der Waals surface area (Å²) in [7, 11) is 0. The van der Waals surface area contributed by atoms with E-state index >= 15 is 0 Å². The van der Waals surface area contributed by atoms with E-state index in [0.29, 0.717) is 26.2 Å². The molecule has 1 aliphatic heterocycles. The Balaban J connectivity index is 1.97. The van der Waals surface area contributed by atoms with Crippen molar-refractivity contribution in [2.24, 2.45) is 5.73 Å². The highest BCUT2D eigenvalue weighted by molar-refractivity contribution is 5.78. The van der Waals surface area contributed by atoms with Crippen LogP contribution in [0.3, 0.4) is 0 Å². The molecule has 0 spiro atoms. The van der Waals surface area contributed by atoms with E-state index in [1.165, 1.54) is 12.1 Å². The Bertz CT molecular complexity index is 466. The van der Waals surface area contributed by atoms with E-state index in [1.54, 1.807) is 17.0 Å². The highest BCUT2D eigenvalue weighted by atomic mass is 16.6. The highest BCUT2D eigenvalue weighted by Gasteiger charge is 2.20. The molecule has 0 aliphatic carbocycles. The minimum atomic E-state index is -0.415. The van der Waals surface area contributed by atoms with Crippen LogP contribution in [-0.2, 0) is 4.79 Å². The minimum absolute atomic E-state index is 0.0386. The number of piperazine rings is 1. The molecule has 2 N–H and O–H groups in total. The predicted octanol–water partition coefficient (Wildman–Crippen LogP) is 0.202. The number of hydrogen-bond donors (Lipinski definition) is 1. The van der Waals surface area contributed by atoms with Gasteiger partial charge in [0.2, 0.25) is 5.91 Å². The van der Waals surface area contributed by atoms with Crippen LogP contribution in [0.5, 0.6) is 0 Å². The number of non-ortho nitro benzene ring substituents is 1. The van der Waals surface area contributed by atoms with Gasteiger partial charge < -0.3 is 15.5 Å². The van der Waals surface area contributed by atoms with Crippen molar-refractivity contribution < 1.29 is 9.72 Å². The molecule has 1 saturated heterocycles. The summed E-state index contributed by atoms with van der Waals surface area (Å²) >= 11 is 0. The van der Waals surface area contributed by atoms with Gasteiger partial charge in [0.1, 0.15) is 0 Å². The first-order valence-electron chi connectivity index (χ1n) is 6.09. The van der Waals surface area contributed by atoms with Crippen LogP contribution in [0.1, 0.15) is 0 Å². The predicted molar refractivity (Wildman–Crippen MR) is 70.9 cm³/mol. The van der Waals surface area contributed by atoms with E-state index < -0.39 is 4.92 Å². The number of carbonyl (C=O) groups is 1. The molecule has 2 rings (SSSR count). The van der Waals surface area contributed by atoms with Gasteiger partial charge >= 0.3 is 0 Å². The lowest BCUT2D eigenvalue weighted by atomic mass is 10.2. The first-order chi connectivity index (χ1) is 9.11. The molecule has 1 aliphatic rings. The van der Waals surface area contributed by atoms with Crippen LogP contribution in [0.15, 0.2) is 24.3 Å². The van der Waals surface area contributed by atoms with Crippen LogP contribution in [0.2, 0.25) is 0 Å². The molecule has 7 heteroatoms. The molecule has 1 aromatic carbocycles. The van der Waals surface area contributed by atoms with Crippen LogP contribution in [-0.4, -0.2) is 48.5 Å². The molecule has 1 amide bonds. The Morgan fingerprint density at radius 3 is 2.26 bits per heavy atom. The molecule has 1 aromatic rings. The first-order valence-corrected chi connectivity index (χ1v) is 6.09. The molecular formula is C12H16N4O3. The number of nitro benzene ring substituents is 1. The van der Waals surface area contributed by atoms with Gasteiger partial charge in [-0.15, -0.1) is 0 Å². The lowest BCUT2D eigenvalue weighted by molar-refractivity contribution is -0.384. The fraction of sp³-hybridized carbons (Fsp3) is 0.417. The molecule has 7 nitrogen and oxygen atoms in total. The van der Waals surface area contributed by atoms with E-state index in [9.17, 15) is 14.9 Å². The van der Waals surface area contributed by atoms with Crippen molar-refractivity contribution in [1.82, 2.24) is 4.90 Å². The maximum atomic E-state index is 11.4. The van der Waals surface area contributed by atoms with E-state index in [4.69, 9.17) is 5.73 Å². The number of amides is 1. The first kappa shape index (κ1) is 13.3. The number of carbonyl (C=O) groups excluding carboxylic acids is 1. The molecule has 0 radical (unpaired) electrons. The van der Waals surface area contributed by atoms with Gasteiger partial charge in [0.25, 0.3) is 5.69 Å². The zero-order valence-electron chi connectivity index (χ0n) is 10.5. The number of nitrogens with two attached hydrogens (primary N) is 1. The van der Waals surface area contributed by atoms with Crippen molar-refractivity contribution in [3.63, 3.8) is 0 Å². The van der Waals surface area contributed by atoms with Gasteiger partial charge in [-0.3, -0.25) is 14.9 Å². The molecular weight excluding hydrogens is 248 g/mol. The van der Waals surface area contributed by atoms with Gasteiger partial charge in [0.05, 0.1) is 11.5 Å². The third-order valence-electron chi connectivity index (χ3n) is 3.23. The van der Waals surface area contributed by atoms with Gasteiger partial charge in [0, 0.05) is 44.0 Å². The Morgan fingerprint density at radius 2 is 1.79 bits per heavy atom. The number of hydrogen-bond acceptors (Lipinski definition) is 5. The van der Waals surface area contributed by atoms with Crippen molar-refractivity contribution >= 4 is 17.3 Å². The Hall–Kier alpha value is -2.15. The summed E-state index contributed by atoms with van der Waals surface area (Å²) in [4.78, 5) is 25.4. The highest BCUT2D eigenvalue weighted by Crippen LogP contribution is 2.20. The van der Waals surface area contributed by atoms with Gasteiger partial charge in [0.15, 0.2) is 0 Å². The lowest BCUT2D eigenvalue weighted by Crippen LogP contribution is -2.50. The molecule has 1 fully saturated rings. The van der Waals surface area contributed by atoms with E-state index in [-0.39, 0.29) is 18.1 Å². The number of nitro groups is 1. The van der Waals surface area contributed by atoms with E-state index in [0.717, 1.165) is 5.69 Å². The summed E-state index contributed by atoms with van der Waals surface area (Å²) in [5, 5.41) is 10.6. The van der Waals surface area contributed by atoms with Crippen LogP contribution in [0.25, 0.3) is 0 Å². The summed E-state index contributed by atoms with van der Waals surface area (Å²) in [6.07, 6.45) is 0. The SMILES string of the molecule is NCC(=O)N1CCN(c2ccc([N+](=O)[O-])cc2)CC1. The zero-order valence-corrected chi connectivity index (χ0v) is 10.5. The number of rotatable bonds is 3. The fourth-order valence-electron chi connectivity index (χ4n) is 2.13. The van der Waals surface area contributed by atoms with E-state index in [2.05, 4.69) is 4.90 Å². The molecule has 102 valence electrons. The summed E-state index contributed by atoms with van der Waals surface area (Å²) < 4.78 is 0. The van der Waals surface area contributed by atoms with Crippen LogP contribution < -0.4 is 10.6 Å². The normalized spacial score (nSPS) is 15.4. The monoisotopic (exact) mass is 264 g/mol. The maximum Gasteiger partial charge on any atom is 0.269 e. The average Bonchev–Trinajstić information content (AvgIpc) is 2.46. The number of benzene rings is 1. The Morgan fingerprint density at radius 1 is 1.21 bits per heavy atom. The molecule has 0 atom stereocenters. The molecule has 19 heavy (non-hydrogen) atoms. The largest absolute Gasteiger partial charge is 0.368 e. The van der Waals surface area contributed by atoms with Gasteiger partial charge in [-0.25, -0.2) is 0 Å². The Labute approximate surface area is 110 Å². The lowest BCUT2D eigenvalue weighted by Gasteiger charge is -2.35. The number of nitrogens with zero attached hydrogens (tertiary/aromatic N) is 3. The standard InChI is InChI=1S/C12H16N4O3/c13-9-12(17)15-7-5-14(6-8-15)10-1-3-11(4-2-10)16(18)19/h1-4H,5-9,13H2. The number of anilines is 1. The average molecular weight is 264 g/mol. The van der Waals surface area contributed by atoms with Crippen molar-refractivity contribution in [3.8, 4) is 0 Å². The molecule has 0 bridgehead atoms. The van der Waals surface area contributed by atoms with Gasteiger partial charge in [-0.1, -0.05) is 0 Å². The second-order valence-corrected chi connectivity index (χ2v) is 4.35. The van der Waals surface area contributed by atoms with Crippen molar-refractivity contribution in [1.29, 1.82) is 0 Å². The second kappa shape index (κ2) is 5.66. The van der Waals surface area contributed by atoms with Gasteiger partial charge in [-0.2, -0.15) is 0 Å². The Kier molecular flexibility index (Phi) is 3.96. The van der Waals surface area contributed by atoms with Crippen LogP contribution in [0, 0.1) is 10.1 Å². The topological polar surface area (TPSA) is 92.7 Å². The molecule has 0 unspecified atom stereocenters. The van der Waals surface area contributed by atoms with Crippen molar-refractivity contribution in [2.45, 2.75) is 0 Å². The molecule has 0 saturated carbocycles. The fourth-order valence-corrected chi connectivity index (χ4v) is 2.13. The molecule has 0 aromatic heterocycles. The maximum absolute atomic E-state index is 11.4. The quantitative estimate of drug-likeness (QED) is 0.622.